The molecular weight excluding hydrogens is 300 g/mol. The van der Waals surface area contributed by atoms with Gasteiger partial charge in [0.2, 0.25) is 0 Å². The van der Waals surface area contributed by atoms with Crippen LogP contribution in [0.2, 0.25) is 5.02 Å². The maximum atomic E-state index is 11.5. The van der Waals surface area contributed by atoms with Gasteiger partial charge in [-0.25, -0.2) is 0 Å². The maximum Gasteiger partial charge on any atom is 0.311 e. The van der Waals surface area contributed by atoms with Crippen LogP contribution in [-0.4, -0.2) is 17.7 Å². The van der Waals surface area contributed by atoms with Crippen molar-refractivity contribution in [3.8, 4) is 5.75 Å². The Morgan fingerprint density at radius 3 is 2.68 bits per heavy atom. The molecular formula is C18H19ClO3. The highest BCUT2D eigenvalue weighted by Crippen LogP contribution is 2.28. The summed E-state index contributed by atoms with van der Waals surface area (Å²) in [4.78, 5) is 11.5. The molecule has 0 radical (unpaired) electrons. The molecule has 0 saturated heterocycles. The van der Waals surface area contributed by atoms with E-state index in [9.17, 15) is 9.90 Å². The van der Waals surface area contributed by atoms with E-state index in [0.717, 1.165) is 11.3 Å². The third kappa shape index (κ3) is 4.50. The Kier molecular flexibility index (Phi) is 5.84. The van der Waals surface area contributed by atoms with Gasteiger partial charge in [0.1, 0.15) is 5.75 Å². The second-order valence-electron chi connectivity index (χ2n) is 5.22. The summed E-state index contributed by atoms with van der Waals surface area (Å²) in [5, 5.41) is 9.90. The molecule has 0 saturated carbocycles. The van der Waals surface area contributed by atoms with Gasteiger partial charge in [0.15, 0.2) is 0 Å². The summed E-state index contributed by atoms with van der Waals surface area (Å²) in [6.45, 7) is 2.49. The first-order chi connectivity index (χ1) is 10.6. The molecule has 22 heavy (non-hydrogen) atoms. The molecule has 116 valence electrons. The van der Waals surface area contributed by atoms with E-state index in [0.29, 0.717) is 30.0 Å². The Balaban J connectivity index is 1.90. The van der Waals surface area contributed by atoms with Crippen molar-refractivity contribution in [1.82, 2.24) is 0 Å². The van der Waals surface area contributed by atoms with Gasteiger partial charge in [0.25, 0.3) is 0 Å². The molecule has 2 rings (SSSR count). The number of hydrogen-bond acceptors (Lipinski definition) is 2. The number of halogens is 1. The van der Waals surface area contributed by atoms with E-state index in [1.165, 1.54) is 0 Å². The van der Waals surface area contributed by atoms with Crippen molar-refractivity contribution in [2.75, 3.05) is 6.61 Å². The van der Waals surface area contributed by atoms with Crippen LogP contribution < -0.4 is 4.74 Å². The standard InChI is InChI=1S/C18H19ClO3/c1-13-6-4-7-14(12-13)22-11-5-9-16(18(20)21)15-8-2-3-10-17(15)19/h2-4,6-8,10,12,16H,5,9,11H2,1H3,(H,20,21). The molecule has 0 aliphatic heterocycles. The van der Waals surface area contributed by atoms with Crippen molar-refractivity contribution in [2.24, 2.45) is 0 Å². The predicted octanol–water partition coefficient (Wildman–Crippen LogP) is 4.68. The number of ether oxygens (including phenoxy) is 1. The minimum Gasteiger partial charge on any atom is -0.494 e. The van der Waals surface area contributed by atoms with E-state index in [-0.39, 0.29) is 0 Å². The SMILES string of the molecule is Cc1cccc(OCCCC(C(=O)O)c2ccccc2Cl)c1. The first-order valence-corrected chi connectivity index (χ1v) is 7.62. The van der Waals surface area contributed by atoms with Crippen LogP contribution in [0, 0.1) is 6.92 Å². The van der Waals surface area contributed by atoms with Crippen LogP contribution in [0.4, 0.5) is 0 Å². The number of benzene rings is 2. The Hall–Kier alpha value is -2.00. The van der Waals surface area contributed by atoms with E-state index < -0.39 is 11.9 Å². The van der Waals surface area contributed by atoms with Crippen LogP contribution in [0.5, 0.6) is 5.75 Å². The van der Waals surface area contributed by atoms with Crippen molar-refractivity contribution in [3.05, 3.63) is 64.7 Å². The molecule has 2 aromatic rings. The number of carboxylic acids is 1. The summed E-state index contributed by atoms with van der Waals surface area (Å²) in [7, 11) is 0. The van der Waals surface area contributed by atoms with Crippen molar-refractivity contribution < 1.29 is 14.6 Å². The molecule has 0 aromatic heterocycles. The van der Waals surface area contributed by atoms with Crippen molar-refractivity contribution in [3.63, 3.8) is 0 Å². The van der Waals surface area contributed by atoms with Gasteiger partial charge in [0, 0.05) is 5.02 Å². The summed E-state index contributed by atoms with van der Waals surface area (Å²) in [6, 6.07) is 14.9. The first-order valence-electron chi connectivity index (χ1n) is 7.24. The van der Waals surface area contributed by atoms with Gasteiger partial charge in [-0.3, -0.25) is 4.79 Å². The minimum absolute atomic E-state index is 0.484. The van der Waals surface area contributed by atoms with Crippen LogP contribution in [-0.2, 0) is 4.79 Å². The fourth-order valence-corrected chi connectivity index (χ4v) is 2.62. The average Bonchev–Trinajstić information content (AvgIpc) is 2.48. The third-order valence-corrected chi connectivity index (χ3v) is 3.82. The molecule has 0 fully saturated rings. The number of carboxylic acid groups (broad SMARTS) is 1. The molecule has 0 aliphatic carbocycles. The van der Waals surface area contributed by atoms with Gasteiger partial charge in [-0.15, -0.1) is 0 Å². The van der Waals surface area contributed by atoms with E-state index >= 15 is 0 Å². The van der Waals surface area contributed by atoms with E-state index in [4.69, 9.17) is 16.3 Å². The summed E-state index contributed by atoms with van der Waals surface area (Å²) in [5.41, 5.74) is 1.80. The third-order valence-electron chi connectivity index (χ3n) is 3.47. The topological polar surface area (TPSA) is 46.5 Å². The fourth-order valence-electron chi connectivity index (χ4n) is 2.35. The number of aliphatic carboxylic acids is 1. The van der Waals surface area contributed by atoms with E-state index in [1.54, 1.807) is 24.3 Å². The second-order valence-corrected chi connectivity index (χ2v) is 5.63. The predicted molar refractivity (Wildman–Crippen MR) is 87.7 cm³/mol. The number of rotatable bonds is 7. The first kappa shape index (κ1) is 16.4. The summed E-state index contributed by atoms with van der Waals surface area (Å²) >= 11 is 6.09. The Labute approximate surface area is 135 Å². The number of carbonyl (C=O) groups is 1. The molecule has 4 heteroatoms. The number of aryl methyl sites for hydroxylation is 1. The van der Waals surface area contributed by atoms with Gasteiger partial charge in [-0.2, -0.15) is 0 Å². The van der Waals surface area contributed by atoms with Crippen molar-refractivity contribution in [1.29, 1.82) is 0 Å². The highest BCUT2D eigenvalue weighted by atomic mass is 35.5. The van der Waals surface area contributed by atoms with E-state index in [1.807, 2.05) is 31.2 Å². The Morgan fingerprint density at radius 2 is 2.00 bits per heavy atom. The Morgan fingerprint density at radius 1 is 1.23 bits per heavy atom. The lowest BCUT2D eigenvalue weighted by Crippen LogP contribution is -2.13. The van der Waals surface area contributed by atoms with Gasteiger partial charge < -0.3 is 9.84 Å². The monoisotopic (exact) mass is 318 g/mol. The van der Waals surface area contributed by atoms with Gasteiger partial charge >= 0.3 is 5.97 Å². The van der Waals surface area contributed by atoms with Crippen LogP contribution in [0.25, 0.3) is 0 Å². The zero-order valence-corrected chi connectivity index (χ0v) is 13.2. The molecule has 3 nitrogen and oxygen atoms in total. The van der Waals surface area contributed by atoms with E-state index in [2.05, 4.69) is 0 Å². The smallest absolute Gasteiger partial charge is 0.311 e. The molecule has 0 bridgehead atoms. The van der Waals surface area contributed by atoms with Crippen LogP contribution in [0.3, 0.4) is 0 Å². The summed E-state index contributed by atoms with van der Waals surface area (Å²) in [5.74, 6) is -0.650. The lowest BCUT2D eigenvalue weighted by Gasteiger charge is -2.14. The highest BCUT2D eigenvalue weighted by molar-refractivity contribution is 6.31. The second kappa shape index (κ2) is 7.85. The van der Waals surface area contributed by atoms with Gasteiger partial charge in [-0.1, -0.05) is 41.9 Å². The van der Waals surface area contributed by atoms with Crippen LogP contribution in [0.1, 0.15) is 29.9 Å². The molecule has 0 spiro atoms. The Bertz CT molecular complexity index is 640. The molecule has 2 aromatic carbocycles. The number of hydrogen-bond donors (Lipinski definition) is 1. The van der Waals surface area contributed by atoms with Crippen LogP contribution in [0.15, 0.2) is 48.5 Å². The molecule has 0 amide bonds. The average molecular weight is 319 g/mol. The molecule has 1 atom stereocenters. The zero-order valence-electron chi connectivity index (χ0n) is 12.5. The lowest BCUT2D eigenvalue weighted by atomic mass is 9.94. The van der Waals surface area contributed by atoms with Crippen molar-refractivity contribution in [2.45, 2.75) is 25.7 Å². The lowest BCUT2D eigenvalue weighted by molar-refractivity contribution is -0.139. The molecule has 1 unspecified atom stereocenters. The zero-order chi connectivity index (χ0) is 15.9. The normalized spacial score (nSPS) is 11.9. The fraction of sp³-hybridized carbons (Fsp3) is 0.278. The molecule has 0 heterocycles. The van der Waals surface area contributed by atoms with Gasteiger partial charge in [0.05, 0.1) is 12.5 Å². The minimum atomic E-state index is -0.858. The van der Waals surface area contributed by atoms with Crippen LogP contribution >= 0.6 is 11.6 Å². The molecule has 1 N–H and O–H groups in total. The maximum absolute atomic E-state index is 11.5. The van der Waals surface area contributed by atoms with Crippen molar-refractivity contribution >= 4 is 17.6 Å². The molecule has 0 aliphatic rings. The highest BCUT2D eigenvalue weighted by Gasteiger charge is 2.21. The van der Waals surface area contributed by atoms with Gasteiger partial charge in [-0.05, 0) is 49.1 Å². The summed E-state index contributed by atoms with van der Waals surface area (Å²) < 4.78 is 5.66. The quantitative estimate of drug-likeness (QED) is 0.754. The summed E-state index contributed by atoms with van der Waals surface area (Å²) in [6.07, 6.45) is 1.14. The largest absolute Gasteiger partial charge is 0.494 e.